The summed E-state index contributed by atoms with van der Waals surface area (Å²) >= 11 is 6.09. The maximum atomic E-state index is 12.6. The van der Waals surface area contributed by atoms with Gasteiger partial charge in [-0.2, -0.15) is 0 Å². The van der Waals surface area contributed by atoms with Gasteiger partial charge in [0, 0.05) is 33.2 Å². The predicted molar refractivity (Wildman–Crippen MR) is 97.8 cm³/mol. The molecule has 0 saturated carbocycles. The van der Waals surface area contributed by atoms with E-state index in [2.05, 4.69) is 16.4 Å². The SMILES string of the molecule is Cc1ccccc1C(=O)NC1CCc2[nH]c3cc(Cl)ccc3c2C1. The van der Waals surface area contributed by atoms with Crippen LogP contribution < -0.4 is 5.32 Å². The molecule has 1 amide bonds. The van der Waals surface area contributed by atoms with E-state index in [-0.39, 0.29) is 11.9 Å². The van der Waals surface area contributed by atoms with Crippen LogP contribution in [0.3, 0.4) is 0 Å². The van der Waals surface area contributed by atoms with E-state index in [1.807, 2.05) is 43.3 Å². The molecule has 1 heterocycles. The van der Waals surface area contributed by atoms with Crippen molar-refractivity contribution >= 4 is 28.4 Å². The highest BCUT2D eigenvalue weighted by Crippen LogP contribution is 2.30. The van der Waals surface area contributed by atoms with Gasteiger partial charge in [0.25, 0.3) is 5.91 Å². The van der Waals surface area contributed by atoms with E-state index in [1.165, 1.54) is 16.6 Å². The molecule has 1 atom stereocenters. The van der Waals surface area contributed by atoms with Gasteiger partial charge in [0.05, 0.1) is 0 Å². The first-order valence-corrected chi connectivity index (χ1v) is 8.65. The maximum absolute atomic E-state index is 12.6. The van der Waals surface area contributed by atoms with Gasteiger partial charge in [0.15, 0.2) is 0 Å². The van der Waals surface area contributed by atoms with Crippen LogP contribution in [0.2, 0.25) is 5.02 Å². The minimum absolute atomic E-state index is 0.0180. The van der Waals surface area contributed by atoms with Crippen molar-refractivity contribution in [1.29, 1.82) is 0 Å². The number of carbonyl (C=O) groups excluding carboxylic acids is 1. The molecule has 3 aromatic rings. The Hall–Kier alpha value is -2.26. The molecular weight excluding hydrogens is 320 g/mol. The monoisotopic (exact) mass is 338 g/mol. The molecule has 0 aliphatic heterocycles. The Bertz CT molecular complexity index is 929. The molecule has 24 heavy (non-hydrogen) atoms. The summed E-state index contributed by atoms with van der Waals surface area (Å²) in [6.45, 7) is 1.97. The third-order valence-electron chi connectivity index (χ3n) is 4.87. The number of aryl methyl sites for hydroxylation is 2. The lowest BCUT2D eigenvalue weighted by Crippen LogP contribution is -2.39. The highest BCUT2D eigenvalue weighted by atomic mass is 35.5. The zero-order chi connectivity index (χ0) is 16.7. The first kappa shape index (κ1) is 15.3. The fraction of sp³-hybridized carbons (Fsp3) is 0.250. The molecule has 0 radical (unpaired) electrons. The standard InChI is InChI=1S/C20H19ClN2O/c1-12-4-2-3-5-15(12)20(24)22-14-7-9-18-17(11-14)16-8-6-13(21)10-19(16)23-18/h2-6,8,10,14,23H,7,9,11H2,1H3,(H,22,24). The Kier molecular flexibility index (Phi) is 3.81. The van der Waals surface area contributed by atoms with Crippen LogP contribution in [-0.2, 0) is 12.8 Å². The number of hydrogen-bond acceptors (Lipinski definition) is 1. The average molecular weight is 339 g/mol. The number of aromatic amines is 1. The number of nitrogens with one attached hydrogen (secondary N) is 2. The number of fused-ring (bicyclic) bond motifs is 3. The van der Waals surface area contributed by atoms with Crippen molar-refractivity contribution in [3.8, 4) is 0 Å². The van der Waals surface area contributed by atoms with Crippen molar-refractivity contribution in [3.63, 3.8) is 0 Å². The fourth-order valence-corrected chi connectivity index (χ4v) is 3.78. The van der Waals surface area contributed by atoms with Gasteiger partial charge in [-0.1, -0.05) is 35.9 Å². The molecular formula is C20H19ClN2O. The van der Waals surface area contributed by atoms with Crippen LogP contribution in [0.5, 0.6) is 0 Å². The molecule has 122 valence electrons. The van der Waals surface area contributed by atoms with E-state index in [4.69, 9.17) is 11.6 Å². The van der Waals surface area contributed by atoms with Crippen LogP contribution >= 0.6 is 11.6 Å². The van der Waals surface area contributed by atoms with Gasteiger partial charge >= 0.3 is 0 Å². The fourth-order valence-electron chi connectivity index (χ4n) is 3.61. The molecule has 2 N–H and O–H groups in total. The average Bonchev–Trinajstić information content (AvgIpc) is 2.92. The van der Waals surface area contributed by atoms with Crippen molar-refractivity contribution in [2.24, 2.45) is 0 Å². The number of rotatable bonds is 2. The molecule has 1 unspecified atom stereocenters. The summed E-state index contributed by atoms with van der Waals surface area (Å²) in [7, 11) is 0. The number of benzene rings is 2. The van der Waals surface area contributed by atoms with Crippen LogP contribution in [-0.4, -0.2) is 16.9 Å². The van der Waals surface area contributed by atoms with Gasteiger partial charge < -0.3 is 10.3 Å². The van der Waals surface area contributed by atoms with Crippen molar-refractivity contribution in [2.75, 3.05) is 0 Å². The largest absolute Gasteiger partial charge is 0.358 e. The first-order chi connectivity index (χ1) is 11.6. The van der Waals surface area contributed by atoms with Gasteiger partial charge in [-0.15, -0.1) is 0 Å². The molecule has 2 aromatic carbocycles. The van der Waals surface area contributed by atoms with E-state index in [9.17, 15) is 4.79 Å². The summed E-state index contributed by atoms with van der Waals surface area (Å²) in [5.74, 6) is 0.0180. The Labute approximate surface area is 146 Å². The highest BCUT2D eigenvalue weighted by molar-refractivity contribution is 6.31. The number of aromatic nitrogens is 1. The topological polar surface area (TPSA) is 44.9 Å². The second-order valence-electron chi connectivity index (χ2n) is 6.50. The van der Waals surface area contributed by atoms with Gasteiger partial charge in [0.2, 0.25) is 0 Å². The molecule has 1 aliphatic carbocycles. The number of H-pyrrole nitrogens is 1. The third kappa shape index (κ3) is 2.69. The minimum atomic E-state index is 0.0180. The van der Waals surface area contributed by atoms with Crippen molar-refractivity contribution in [1.82, 2.24) is 10.3 Å². The van der Waals surface area contributed by atoms with Gasteiger partial charge in [-0.25, -0.2) is 0 Å². The smallest absolute Gasteiger partial charge is 0.251 e. The molecule has 0 spiro atoms. The second kappa shape index (κ2) is 5.99. The number of amides is 1. The molecule has 0 bridgehead atoms. The van der Waals surface area contributed by atoms with E-state index >= 15 is 0 Å². The Morgan fingerprint density at radius 3 is 2.92 bits per heavy atom. The lowest BCUT2D eigenvalue weighted by Gasteiger charge is -2.24. The van der Waals surface area contributed by atoms with Gasteiger partial charge in [0.1, 0.15) is 0 Å². The lowest BCUT2D eigenvalue weighted by atomic mass is 9.91. The Morgan fingerprint density at radius 2 is 2.08 bits per heavy atom. The van der Waals surface area contributed by atoms with Crippen molar-refractivity contribution in [3.05, 3.63) is 69.9 Å². The summed E-state index contributed by atoms with van der Waals surface area (Å²) in [6.07, 6.45) is 2.75. The third-order valence-corrected chi connectivity index (χ3v) is 5.11. The molecule has 1 aliphatic rings. The normalized spacial score (nSPS) is 16.8. The van der Waals surface area contributed by atoms with Crippen LogP contribution in [0, 0.1) is 6.92 Å². The molecule has 0 saturated heterocycles. The van der Waals surface area contributed by atoms with Gasteiger partial charge in [-0.05, 0) is 55.5 Å². The molecule has 0 fully saturated rings. The maximum Gasteiger partial charge on any atom is 0.251 e. The molecule has 3 nitrogen and oxygen atoms in total. The number of halogens is 1. The predicted octanol–water partition coefficient (Wildman–Crippen LogP) is 4.42. The summed E-state index contributed by atoms with van der Waals surface area (Å²) in [5.41, 5.74) is 5.43. The van der Waals surface area contributed by atoms with E-state index in [0.717, 1.165) is 40.9 Å². The quantitative estimate of drug-likeness (QED) is 0.714. The zero-order valence-electron chi connectivity index (χ0n) is 13.5. The summed E-state index contributed by atoms with van der Waals surface area (Å²) in [6, 6.07) is 13.8. The first-order valence-electron chi connectivity index (χ1n) is 8.27. The molecule has 1 aromatic heterocycles. The van der Waals surface area contributed by atoms with E-state index in [0.29, 0.717) is 0 Å². The van der Waals surface area contributed by atoms with E-state index < -0.39 is 0 Å². The van der Waals surface area contributed by atoms with Crippen LogP contribution in [0.25, 0.3) is 10.9 Å². The summed E-state index contributed by atoms with van der Waals surface area (Å²) < 4.78 is 0. The zero-order valence-corrected chi connectivity index (χ0v) is 14.3. The van der Waals surface area contributed by atoms with Crippen LogP contribution in [0.1, 0.15) is 33.6 Å². The van der Waals surface area contributed by atoms with E-state index in [1.54, 1.807) is 0 Å². The lowest BCUT2D eigenvalue weighted by molar-refractivity contribution is 0.0933. The Morgan fingerprint density at radius 1 is 1.25 bits per heavy atom. The van der Waals surface area contributed by atoms with Crippen molar-refractivity contribution in [2.45, 2.75) is 32.2 Å². The molecule has 4 rings (SSSR count). The highest BCUT2D eigenvalue weighted by Gasteiger charge is 2.24. The van der Waals surface area contributed by atoms with Crippen LogP contribution in [0.15, 0.2) is 42.5 Å². The Balaban J connectivity index is 1.57. The number of hydrogen-bond donors (Lipinski definition) is 2. The summed E-state index contributed by atoms with van der Waals surface area (Å²) in [4.78, 5) is 16.0. The minimum Gasteiger partial charge on any atom is -0.358 e. The molecule has 4 heteroatoms. The summed E-state index contributed by atoms with van der Waals surface area (Å²) in [5, 5.41) is 5.16. The van der Waals surface area contributed by atoms with Gasteiger partial charge in [-0.3, -0.25) is 4.79 Å². The second-order valence-corrected chi connectivity index (χ2v) is 6.94. The van der Waals surface area contributed by atoms with Crippen LogP contribution in [0.4, 0.5) is 0 Å². The number of carbonyl (C=O) groups is 1. The van der Waals surface area contributed by atoms with Crippen molar-refractivity contribution < 1.29 is 4.79 Å².